The Bertz CT molecular complexity index is 804. The van der Waals surface area contributed by atoms with Crippen molar-refractivity contribution in [1.82, 2.24) is 4.90 Å². The second-order valence-electron chi connectivity index (χ2n) is 5.89. The maximum absolute atomic E-state index is 12.5. The van der Waals surface area contributed by atoms with Crippen molar-refractivity contribution in [1.29, 1.82) is 0 Å². The zero-order valence-corrected chi connectivity index (χ0v) is 15.6. The predicted octanol–water partition coefficient (Wildman–Crippen LogP) is 3.66. The minimum absolute atomic E-state index is 0.213. The van der Waals surface area contributed by atoms with Gasteiger partial charge < -0.3 is 9.47 Å². The maximum atomic E-state index is 12.5. The number of hydrogen-bond acceptors (Lipinski definition) is 4. The molecule has 0 aromatic heterocycles. The van der Waals surface area contributed by atoms with Gasteiger partial charge in [-0.3, -0.25) is 14.5 Å². The molecular formula is C19H18BrNO4. The third-order valence-corrected chi connectivity index (χ3v) is 4.63. The molecule has 6 heteroatoms. The summed E-state index contributed by atoms with van der Waals surface area (Å²) in [4.78, 5) is 26.1. The minimum Gasteiger partial charge on any atom is -0.489 e. The van der Waals surface area contributed by atoms with E-state index < -0.39 is 0 Å². The van der Waals surface area contributed by atoms with Gasteiger partial charge in [0, 0.05) is 11.6 Å². The van der Waals surface area contributed by atoms with Crippen molar-refractivity contribution < 1.29 is 19.1 Å². The highest BCUT2D eigenvalue weighted by Crippen LogP contribution is 2.27. The van der Waals surface area contributed by atoms with Crippen LogP contribution in [0.3, 0.4) is 0 Å². The van der Waals surface area contributed by atoms with E-state index in [-0.39, 0.29) is 24.5 Å². The highest BCUT2D eigenvalue weighted by atomic mass is 79.9. The summed E-state index contributed by atoms with van der Waals surface area (Å²) in [6.07, 6.45) is -0.213. The molecule has 1 aliphatic heterocycles. The number of imide groups is 1. The number of fused-ring (bicyclic) bond motifs is 1. The van der Waals surface area contributed by atoms with Crippen molar-refractivity contribution in [3.05, 3.63) is 63.6 Å². The second-order valence-corrected chi connectivity index (χ2v) is 6.81. The van der Waals surface area contributed by atoms with Gasteiger partial charge in [0.25, 0.3) is 11.8 Å². The first-order valence-corrected chi connectivity index (χ1v) is 8.69. The van der Waals surface area contributed by atoms with Gasteiger partial charge in [0.05, 0.1) is 23.8 Å². The van der Waals surface area contributed by atoms with E-state index in [0.29, 0.717) is 23.5 Å². The second kappa shape index (κ2) is 7.37. The Morgan fingerprint density at radius 1 is 1.04 bits per heavy atom. The molecule has 0 fully saturated rings. The highest BCUT2D eigenvalue weighted by Gasteiger charge is 2.36. The van der Waals surface area contributed by atoms with E-state index in [1.807, 2.05) is 31.2 Å². The monoisotopic (exact) mass is 403 g/mol. The van der Waals surface area contributed by atoms with Crippen molar-refractivity contribution in [2.75, 3.05) is 13.7 Å². The molecule has 0 radical (unpaired) electrons. The largest absolute Gasteiger partial charge is 0.489 e. The Labute approximate surface area is 154 Å². The summed E-state index contributed by atoms with van der Waals surface area (Å²) < 4.78 is 11.9. The van der Waals surface area contributed by atoms with Crippen molar-refractivity contribution >= 4 is 27.7 Å². The summed E-state index contributed by atoms with van der Waals surface area (Å²) >= 11 is 3.39. The fraction of sp³-hybridized carbons (Fsp3) is 0.263. The quantitative estimate of drug-likeness (QED) is 0.690. The molecule has 1 heterocycles. The maximum Gasteiger partial charge on any atom is 0.261 e. The number of rotatable bonds is 6. The molecule has 1 aliphatic rings. The van der Waals surface area contributed by atoms with Crippen LogP contribution in [-0.4, -0.2) is 36.5 Å². The number of carbonyl (C=O) groups excluding carboxylic acids is 2. The van der Waals surface area contributed by atoms with E-state index in [1.165, 1.54) is 4.90 Å². The normalized spacial score (nSPS) is 14.6. The van der Waals surface area contributed by atoms with Crippen LogP contribution in [0.1, 0.15) is 33.2 Å². The molecule has 2 aromatic carbocycles. The van der Waals surface area contributed by atoms with Crippen molar-refractivity contribution in [3.8, 4) is 5.75 Å². The Morgan fingerprint density at radius 2 is 1.72 bits per heavy atom. The van der Waals surface area contributed by atoms with Gasteiger partial charge in [-0.05, 0) is 42.8 Å². The van der Waals surface area contributed by atoms with Gasteiger partial charge in [0.1, 0.15) is 12.4 Å². The molecule has 0 saturated carbocycles. The van der Waals surface area contributed by atoms with Crippen molar-refractivity contribution in [2.45, 2.75) is 19.6 Å². The first-order valence-electron chi connectivity index (χ1n) is 7.90. The molecule has 0 N–H and O–H groups in total. The summed E-state index contributed by atoms with van der Waals surface area (Å²) in [5, 5.41) is 0. The van der Waals surface area contributed by atoms with Gasteiger partial charge in [-0.1, -0.05) is 28.1 Å². The smallest absolute Gasteiger partial charge is 0.261 e. The van der Waals surface area contributed by atoms with Crippen LogP contribution in [-0.2, 0) is 11.3 Å². The van der Waals surface area contributed by atoms with E-state index in [0.717, 1.165) is 10.0 Å². The molecule has 130 valence electrons. The molecule has 2 aromatic rings. The number of halogens is 1. The van der Waals surface area contributed by atoms with Gasteiger partial charge >= 0.3 is 0 Å². The fourth-order valence-electron chi connectivity index (χ4n) is 2.60. The summed E-state index contributed by atoms with van der Waals surface area (Å²) in [6, 6.07) is 12.8. The first kappa shape index (κ1) is 17.6. The standard InChI is InChI=1S/C19H18BrNO4/c1-12(24-2)10-21-18(22)16-8-7-15(9-17(16)19(21)23)25-11-13-3-5-14(20)6-4-13/h3-9,12H,10-11H2,1-2H3. The average molecular weight is 404 g/mol. The third kappa shape index (κ3) is 3.75. The minimum atomic E-state index is -0.307. The van der Waals surface area contributed by atoms with Gasteiger partial charge in [-0.15, -0.1) is 0 Å². The zero-order valence-electron chi connectivity index (χ0n) is 14.0. The van der Waals surface area contributed by atoms with Gasteiger partial charge in [0.15, 0.2) is 0 Å². The summed E-state index contributed by atoms with van der Waals surface area (Å²) in [7, 11) is 1.55. The van der Waals surface area contributed by atoms with E-state index in [2.05, 4.69) is 15.9 Å². The van der Waals surface area contributed by atoms with Crippen LogP contribution in [0.4, 0.5) is 0 Å². The first-order chi connectivity index (χ1) is 12.0. The number of nitrogens with zero attached hydrogens (tertiary/aromatic N) is 1. The Hall–Kier alpha value is -2.18. The molecule has 1 unspecified atom stereocenters. The number of amides is 2. The number of carbonyl (C=O) groups is 2. The lowest BCUT2D eigenvalue weighted by atomic mass is 10.1. The zero-order chi connectivity index (χ0) is 18.0. The molecule has 1 atom stereocenters. The lowest BCUT2D eigenvalue weighted by Crippen LogP contribution is -2.36. The van der Waals surface area contributed by atoms with Crippen LogP contribution in [0, 0.1) is 0 Å². The highest BCUT2D eigenvalue weighted by molar-refractivity contribution is 9.10. The van der Waals surface area contributed by atoms with E-state index in [4.69, 9.17) is 9.47 Å². The molecule has 0 saturated heterocycles. The molecule has 0 bridgehead atoms. The van der Waals surface area contributed by atoms with Crippen LogP contribution in [0.15, 0.2) is 46.9 Å². The summed E-state index contributed by atoms with van der Waals surface area (Å²) in [5.41, 5.74) is 1.80. The molecule has 0 spiro atoms. The predicted molar refractivity (Wildman–Crippen MR) is 96.8 cm³/mol. The van der Waals surface area contributed by atoms with Crippen LogP contribution < -0.4 is 4.74 Å². The van der Waals surface area contributed by atoms with Gasteiger partial charge in [0.2, 0.25) is 0 Å². The number of methoxy groups -OCH3 is 1. The number of ether oxygens (including phenoxy) is 2. The Kier molecular flexibility index (Phi) is 5.20. The van der Waals surface area contributed by atoms with Crippen LogP contribution >= 0.6 is 15.9 Å². The van der Waals surface area contributed by atoms with Crippen LogP contribution in [0.25, 0.3) is 0 Å². The molecule has 0 aliphatic carbocycles. The van der Waals surface area contributed by atoms with Crippen LogP contribution in [0.2, 0.25) is 0 Å². The lowest BCUT2D eigenvalue weighted by Gasteiger charge is -2.17. The Morgan fingerprint density at radius 3 is 2.40 bits per heavy atom. The SMILES string of the molecule is COC(C)CN1C(=O)c2ccc(OCc3ccc(Br)cc3)cc2C1=O. The van der Waals surface area contributed by atoms with E-state index in [9.17, 15) is 9.59 Å². The number of benzene rings is 2. The molecular weight excluding hydrogens is 386 g/mol. The lowest BCUT2D eigenvalue weighted by molar-refractivity contribution is 0.0484. The third-order valence-electron chi connectivity index (χ3n) is 4.10. The molecule has 25 heavy (non-hydrogen) atoms. The van der Waals surface area contributed by atoms with Gasteiger partial charge in [-0.2, -0.15) is 0 Å². The molecule has 5 nitrogen and oxygen atoms in total. The van der Waals surface area contributed by atoms with Gasteiger partial charge in [-0.25, -0.2) is 0 Å². The molecule has 3 rings (SSSR count). The van der Waals surface area contributed by atoms with Crippen molar-refractivity contribution in [2.24, 2.45) is 0 Å². The fourth-order valence-corrected chi connectivity index (χ4v) is 2.87. The van der Waals surface area contributed by atoms with E-state index in [1.54, 1.807) is 25.3 Å². The topological polar surface area (TPSA) is 55.8 Å². The summed E-state index contributed by atoms with van der Waals surface area (Å²) in [6.45, 7) is 2.44. The molecule has 2 amide bonds. The Balaban J connectivity index is 1.74. The number of hydrogen-bond donors (Lipinski definition) is 0. The van der Waals surface area contributed by atoms with E-state index >= 15 is 0 Å². The summed E-state index contributed by atoms with van der Waals surface area (Å²) in [5.74, 6) is -0.0363. The van der Waals surface area contributed by atoms with Crippen LogP contribution in [0.5, 0.6) is 5.75 Å². The average Bonchev–Trinajstić information content (AvgIpc) is 2.85. The van der Waals surface area contributed by atoms with Crippen molar-refractivity contribution in [3.63, 3.8) is 0 Å².